The summed E-state index contributed by atoms with van der Waals surface area (Å²) < 4.78 is 64.5. The summed E-state index contributed by atoms with van der Waals surface area (Å²) in [5.74, 6) is -1.41. The zero-order valence-electron chi connectivity index (χ0n) is 55.1. The Bertz CT molecular complexity index is 2330. The van der Waals surface area contributed by atoms with Crippen molar-refractivity contribution in [1.82, 2.24) is 31.2 Å². The number of rotatable bonds is 55. The van der Waals surface area contributed by atoms with E-state index >= 15 is 0 Å². The molecule has 0 aliphatic rings. The van der Waals surface area contributed by atoms with E-state index in [9.17, 15) is 19.2 Å². The van der Waals surface area contributed by atoms with Crippen LogP contribution in [0.4, 0.5) is 0 Å². The molecule has 0 saturated heterocycles. The largest absolute Gasteiger partial charge is 0.679 e. The SMILES string of the molecule is [CH3-].[CH3-].[N-]=[N+]=NCCOCCOCCOCCOCCNC(=O)CCc1ccncc1.[N-]=[N+]=NCCOCCOCCOCCOCCNC(=O)c1cc(C(=O)NCCOCCOCCOCCOCCN=[N+]=[N-])cc(C(=O)NCc2ccncc2)c1.[NH-]CC[NH-].[NH-]CC[NH-].[Pt].[Pt]. The van der Waals surface area contributed by atoms with E-state index in [0.717, 1.165) is 11.1 Å². The first kappa shape index (κ1) is 98.7. The van der Waals surface area contributed by atoms with Crippen molar-refractivity contribution in [3.8, 4) is 0 Å². The monoisotopic (exact) mass is 1720 g/mol. The predicted molar refractivity (Wildman–Crippen MR) is 354 cm³/mol. The summed E-state index contributed by atoms with van der Waals surface area (Å²) in [6, 6.07) is 11.6. The quantitative estimate of drug-likeness (QED) is 0.0148. The third-order valence-electron chi connectivity index (χ3n) is 10.7. The van der Waals surface area contributed by atoms with Gasteiger partial charge in [0.25, 0.3) is 17.7 Å². The molecule has 3 aromatic rings. The van der Waals surface area contributed by atoms with Crippen molar-refractivity contribution in [1.29, 1.82) is 0 Å². The van der Waals surface area contributed by atoms with Gasteiger partial charge in [-0.2, -0.15) is 26.2 Å². The third kappa shape index (κ3) is 66.7. The van der Waals surface area contributed by atoms with E-state index in [4.69, 9.17) is 96.4 Å². The van der Waals surface area contributed by atoms with Gasteiger partial charge >= 0.3 is 0 Å². The van der Waals surface area contributed by atoms with E-state index in [1.807, 2.05) is 12.1 Å². The number of pyridine rings is 2. The van der Waals surface area contributed by atoms with Crippen molar-refractivity contribution in [2.75, 3.05) is 224 Å². The topological polar surface area (TPSA) is 494 Å². The molecule has 0 aliphatic carbocycles. The Morgan fingerprint density at radius 1 is 0.375 bits per heavy atom. The number of aromatic nitrogens is 2. The van der Waals surface area contributed by atoms with Crippen molar-refractivity contribution in [2.45, 2.75) is 19.4 Å². The fraction of sp³-hybridized carbons (Fsp3) is 0.627. The molecular weight excluding hydrogens is 1620 g/mol. The number of hydrogen-bond acceptors (Lipinski definition) is 21. The minimum atomic E-state index is -0.481. The van der Waals surface area contributed by atoms with Gasteiger partial charge in [-0.15, -0.1) is 0 Å². The number of azide groups is 3. The van der Waals surface area contributed by atoms with Crippen LogP contribution in [0.2, 0.25) is 0 Å². The second-order valence-corrected chi connectivity index (χ2v) is 17.8. The van der Waals surface area contributed by atoms with Crippen molar-refractivity contribution < 1.29 is 118 Å². The first-order valence-corrected chi connectivity index (χ1v) is 29.8. The summed E-state index contributed by atoms with van der Waals surface area (Å²) in [7, 11) is 0. The van der Waals surface area contributed by atoms with Gasteiger partial charge in [0.2, 0.25) is 5.91 Å². The van der Waals surface area contributed by atoms with Gasteiger partial charge in [-0.1, -0.05) is 15.3 Å². The number of hydrogen-bond donors (Lipinski definition) is 4. The second kappa shape index (κ2) is 79.8. The molecule has 0 saturated carbocycles. The number of ether oxygens (including phenoxy) is 12. The summed E-state index contributed by atoms with van der Waals surface area (Å²) in [6.45, 7) is 12.1. The standard InChI is InChI=1S/C35H52N10O11.C18H29N5O5.2C2H6N2.2CH3.2Pt/c36-44-42-7-11-51-15-19-55-23-21-53-17-13-49-9-5-39-33(46)30-25-31(27-32(26-30)35(48)41-28-29-1-3-38-4-2-29)34(47)40-6-10-50-14-18-54-22-24-56-20-16-52-12-8-43-45-37;19-23-22-8-10-26-12-14-28-16-15-27-13-11-25-9-7-21-18(24)2-1-17-3-5-20-6-4-17;2*3-1-2-4;;;;/h1-4,25-27H,5-24,28H2,(H,39,46)(H,40,47)(H,41,48);3-6H,1-2,7-16H2,(H,21,24);2*3-4H,1-2H2;2*1H3;;/q;;2*-2;2*-1;;. The molecule has 2 heterocycles. The van der Waals surface area contributed by atoms with E-state index in [1.54, 1.807) is 36.9 Å². The van der Waals surface area contributed by atoms with Gasteiger partial charge in [0.15, 0.2) is 0 Å². The molecule has 4 amide bonds. The van der Waals surface area contributed by atoms with Crippen LogP contribution in [0.25, 0.3) is 54.3 Å². The van der Waals surface area contributed by atoms with Crippen LogP contribution in [0.1, 0.15) is 48.6 Å². The van der Waals surface area contributed by atoms with Crippen LogP contribution in [-0.2, 0) is 117 Å². The minimum absolute atomic E-state index is 0. The molecule has 2 aromatic heterocycles. The van der Waals surface area contributed by atoms with Crippen molar-refractivity contribution in [2.24, 2.45) is 15.3 Å². The second-order valence-electron chi connectivity index (χ2n) is 17.8. The van der Waals surface area contributed by atoms with Crippen molar-refractivity contribution in [3.63, 3.8) is 0 Å². The number of amides is 4. The van der Waals surface area contributed by atoms with Crippen LogP contribution in [-0.4, -0.2) is 258 Å². The number of nitrogens with one attached hydrogen (secondary N) is 8. The van der Waals surface area contributed by atoms with E-state index in [2.05, 4.69) is 61.3 Å². The van der Waals surface area contributed by atoms with Crippen molar-refractivity contribution in [3.05, 3.63) is 164 Å². The summed E-state index contributed by atoms with van der Waals surface area (Å²) in [5.41, 5.74) is 51.9. The number of aryl methyl sites for hydroxylation is 1. The molecule has 0 radical (unpaired) electrons. The Morgan fingerprint density at radius 2 is 0.625 bits per heavy atom. The Hall–Kier alpha value is -5.93. The Labute approximate surface area is 592 Å². The van der Waals surface area contributed by atoms with Crippen LogP contribution in [0.3, 0.4) is 0 Å². The van der Waals surface area contributed by atoms with Crippen LogP contribution in [0, 0.1) is 14.9 Å². The zero-order chi connectivity index (χ0) is 67.1. The maximum atomic E-state index is 13.1. The summed E-state index contributed by atoms with van der Waals surface area (Å²) in [5, 5.41) is 21.2. The fourth-order valence-corrected chi connectivity index (χ4v) is 6.38. The molecule has 0 atom stereocenters. The molecule has 0 fully saturated rings. The average Bonchev–Trinajstić information content (AvgIpc) is 0.843. The predicted octanol–water partition coefficient (Wildman–Crippen LogP) is 6.81. The minimum Gasteiger partial charge on any atom is -0.679 e. The van der Waals surface area contributed by atoms with E-state index in [0.29, 0.717) is 171 Å². The molecule has 0 aliphatic heterocycles. The number of benzene rings is 1. The number of nitrogens with zero attached hydrogens (tertiary/aromatic N) is 11. The molecule has 35 nitrogen and oxygen atoms in total. The maximum Gasteiger partial charge on any atom is 0.251 e. The molecule has 0 bridgehead atoms. The van der Waals surface area contributed by atoms with Gasteiger partial charge in [0, 0.05) is 151 Å². The van der Waals surface area contributed by atoms with Crippen LogP contribution < -0.4 is 21.3 Å². The van der Waals surface area contributed by atoms with Gasteiger partial charge in [0.1, 0.15) is 0 Å². The molecule has 1 aromatic carbocycles. The van der Waals surface area contributed by atoms with Gasteiger partial charge in [0.05, 0.1) is 159 Å². The van der Waals surface area contributed by atoms with Crippen LogP contribution in [0.15, 0.2) is 82.6 Å². The van der Waals surface area contributed by atoms with Gasteiger partial charge in [-0.25, -0.2) is 0 Å². The van der Waals surface area contributed by atoms with Gasteiger partial charge in [-0.3, -0.25) is 29.1 Å². The van der Waals surface area contributed by atoms with Crippen LogP contribution >= 0.6 is 0 Å². The first-order valence-electron chi connectivity index (χ1n) is 29.8. The van der Waals surface area contributed by atoms with E-state index in [-0.39, 0.29) is 152 Å². The Balaban J connectivity index is -0.000000577. The summed E-state index contributed by atoms with van der Waals surface area (Å²) >= 11 is 0. The molecule has 3 rings (SSSR count). The van der Waals surface area contributed by atoms with Gasteiger partial charge < -0.3 is 116 Å². The zero-order valence-corrected chi connectivity index (χ0v) is 59.6. The fourth-order valence-electron chi connectivity index (χ4n) is 6.38. The Kier molecular flexibility index (Phi) is 82.0. The molecule has 0 unspecified atom stereocenters. The van der Waals surface area contributed by atoms with E-state index in [1.165, 1.54) is 18.2 Å². The number of carbonyl (C=O) groups is 4. The van der Waals surface area contributed by atoms with Crippen LogP contribution in [0.5, 0.6) is 0 Å². The molecule has 8 N–H and O–H groups in total. The summed E-state index contributed by atoms with van der Waals surface area (Å²) in [6.07, 6.45) is 7.83. The van der Waals surface area contributed by atoms with E-state index < -0.39 is 17.7 Å². The molecule has 552 valence electrons. The summed E-state index contributed by atoms with van der Waals surface area (Å²) in [4.78, 5) is 66.8. The first-order chi connectivity index (χ1) is 45.2. The molecule has 96 heavy (non-hydrogen) atoms. The smallest absolute Gasteiger partial charge is 0.251 e. The van der Waals surface area contributed by atoms with Crippen molar-refractivity contribution >= 4 is 23.6 Å². The Morgan fingerprint density at radius 3 is 0.906 bits per heavy atom. The normalized spacial score (nSPS) is 9.88. The number of carbonyl (C=O) groups excluding carboxylic acids is 4. The third-order valence-corrected chi connectivity index (χ3v) is 10.7. The molecule has 0 spiro atoms. The van der Waals surface area contributed by atoms with Gasteiger partial charge in [-0.05, 0) is 76.6 Å². The molecular formula is C59H99N19O16Pt2-6. The molecule has 37 heteroatoms. The average molecular weight is 1720 g/mol. The maximum absolute atomic E-state index is 13.1.